The molecule has 0 amide bonds. The fraction of sp³-hybridized carbons (Fsp3) is 0.294. The summed E-state index contributed by atoms with van der Waals surface area (Å²) in [5, 5.41) is 3.19. The number of benzene rings is 2. The lowest BCUT2D eigenvalue weighted by atomic mass is 10.1. The van der Waals surface area contributed by atoms with Crippen molar-refractivity contribution in [3.8, 4) is 5.75 Å². The molecule has 0 saturated carbocycles. The molecule has 4 heteroatoms. The molecule has 0 bridgehead atoms. The average molecular weight is 366 g/mol. The summed E-state index contributed by atoms with van der Waals surface area (Å²) in [6, 6.07) is 14.6. The van der Waals surface area contributed by atoms with E-state index in [1.165, 1.54) is 16.0 Å². The Morgan fingerprint density at radius 1 is 1.19 bits per heavy atom. The molecule has 0 aliphatic heterocycles. The molecule has 2 aromatic rings. The van der Waals surface area contributed by atoms with Crippen molar-refractivity contribution in [3.63, 3.8) is 0 Å². The molecule has 0 atom stereocenters. The first-order chi connectivity index (χ1) is 10.2. The zero-order chi connectivity index (χ0) is 15.1. The van der Waals surface area contributed by atoms with Gasteiger partial charge in [0.25, 0.3) is 0 Å². The third-order valence-electron chi connectivity index (χ3n) is 3.03. The summed E-state index contributed by atoms with van der Waals surface area (Å²) in [5.41, 5.74) is 2.36. The second-order valence-electron chi connectivity index (χ2n) is 4.75. The summed E-state index contributed by atoms with van der Waals surface area (Å²) in [7, 11) is 1.95. The van der Waals surface area contributed by atoms with E-state index in [-0.39, 0.29) is 0 Å². The lowest BCUT2D eigenvalue weighted by Crippen LogP contribution is -2.10. The number of thioether (sulfide) groups is 1. The van der Waals surface area contributed by atoms with Crippen LogP contribution in [0.3, 0.4) is 0 Å². The molecule has 2 aromatic carbocycles. The zero-order valence-electron chi connectivity index (χ0n) is 12.4. The van der Waals surface area contributed by atoms with Gasteiger partial charge < -0.3 is 10.1 Å². The summed E-state index contributed by atoms with van der Waals surface area (Å²) in [4.78, 5) is 1.28. The van der Waals surface area contributed by atoms with Gasteiger partial charge in [-0.05, 0) is 43.8 Å². The predicted octanol–water partition coefficient (Wildman–Crippen LogP) is 4.65. The van der Waals surface area contributed by atoms with Crippen molar-refractivity contribution in [2.24, 2.45) is 0 Å². The van der Waals surface area contributed by atoms with Crippen LogP contribution < -0.4 is 10.1 Å². The van der Waals surface area contributed by atoms with Gasteiger partial charge in [0, 0.05) is 27.2 Å². The number of nitrogens with one attached hydrogen (secondary N) is 1. The molecule has 0 radical (unpaired) electrons. The van der Waals surface area contributed by atoms with Gasteiger partial charge in [0.2, 0.25) is 0 Å². The van der Waals surface area contributed by atoms with Crippen molar-refractivity contribution >= 4 is 27.7 Å². The molecule has 0 heterocycles. The SMILES string of the molecule is CNCc1cc(Br)cc(C)c1OCCSc1ccccc1. The van der Waals surface area contributed by atoms with E-state index >= 15 is 0 Å². The van der Waals surface area contributed by atoms with Crippen LogP contribution >= 0.6 is 27.7 Å². The van der Waals surface area contributed by atoms with Gasteiger partial charge in [0.1, 0.15) is 5.75 Å². The summed E-state index contributed by atoms with van der Waals surface area (Å²) in [6.45, 7) is 3.60. The van der Waals surface area contributed by atoms with Crippen molar-refractivity contribution in [1.82, 2.24) is 5.32 Å². The third-order valence-corrected chi connectivity index (χ3v) is 4.46. The highest BCUT2D eigenvalue weighted by molar-refractivity contribution is 9.10. The maximum atomic E-state index is 6.02. The molecule has 0 aliphatic rings. The van der Waals surface area contributed by atoms with E-state index in [1.807, 2.05) is 24.9 Å². The second kappa shape index (κ2) is 8.47. The average Bonchev–Trinajstić information content (AvgIpc) is 2.47. The normalized spacial score (nSPS) is 10.6. The molecule has 1 N–H and O–H groups in total. The molecule has 0 aromatic heterocycles. The molecule has 2 nitrogen and oxygen atoms in total. The van der Waals surface area contributed by atoms with Crippen LogP contribution in [0.1, 0.15) is 11.1 Å². The van der Waals surface area contributed by atoms with E-state index in [1.54, 1.807) is 0 Å². The Balaban J connectivity index is 1.93. The van der Waals surface area contributed by atoms with Gasteiger partial charge in [-0.3, -0.25) is 0 Å². The molecule has 21 heavy (non-hydrogen) atoms. The predicted molar refractivity (Wildman–Crippen MR) is 94.3 cm³/mol. The first-order valence-electron chi connectivity index (χ1n) is 6.95. The summed E-state index contributed by atoms with van der Waals surface area (Å²) >= 11 is 5.36. The van der Waals surface area contributed by atoms with Gasteiger partial charge in [-0.25, -0.2) is 0 Å². The topological polar surface area (TPSA) is 21.3 Å². The van der Waals surface area contributed by atoms with Gasteiger partial charge in [0.15, 0.2) is 0 Å². The first kappa shape index (κ1) is 16.4. The van der Waals surface area contributed by atoms with E-state index in [0.717, 1.165) is 22.5 Å². The second-order valence-corrected chi connectivity index (χ2v) is 6.84. The number of ether oxygens (including phenoxy) is 1. The van der Waals surface area contributed by atoms with Crippen molar-refractivity contribution < 1.29 is 4.74 Å². The van der Waals surface area contributed by atoms with Crippen molar-refractivity contribution in [2.75, 3.05) is 19.4 Å². The Hall–Kier alpha value is -0.970. The van der Waals surface area contributed by atoms with E-state index in [0.29, 0.717) is 6.61 Å². The number of rotatable bonds is 7. The number of hydrogen-bond donors (Lipinski definition) is 1. The molecule has 0 fully saturated rings. The highest BCUT2D eigenvalue weighted by Crippen LogP contribution is 2.28. The minimum atomic E-state index is 0.707. The maximum Gasteiger partial charge on any atom is 0.126 e. The summed E-state index contributed by atoms with van der Waals surface area (Å²) in [6.07, 6.45) is 0. The lowest BCUT2D eigenvalue weighted by molar-refractivity contribution is 0.337. The summed E-state index contributed by atoms with van der Waals surface area (Å²) in [5.74, 6) is 1.94. The van der Waals surface area contributed by atoms with Crippen LogP contribution in [0.25, 0.3) is 0 Å². The van der Waals surface area contributed by atoms with Crippen LogP contribution in [0.4, 0.5) is 0 Å². The van der Waals surface area contributed by atoms with E-state index in [4.69, 9.17) is 4.74 Å². The van der Waals surface area contributed by atoms with Gasteiger partial charge in [-0.1, -0.05) is 34.1 Å². The van der Waals surface area contributed by atoms with Crippen LogP contribution in [-0.4, -0.2) is 19.4 Å². The molecular formula is C17H20BrNOS. The van der Waals surface area contributed by atoms with Crippen molar-refractivity contribution in [3.05, 3.63) is 58.1 Å². The van der Waals surface area contributed by atoms with Crippen LogP contribution in [-0.2, 0) is 6.54 Å². The number of halogens is 1. The fourth-order valence-electron chi connectivity index (χ4n) is 2.15. The Morgan fingerprint density at radius 2 is 1.95 bits per heavy atom. The van der Waals surface area contributed by atoms with Crippen LogP contribution in [0.15, 0.2) is 51.8 Å². The maximum absolute atomic E-state index is 6.02. The number of hydrogen-bond acceptors (Lipinski definition) is 3. The smallest absolute Gasteiger partial charge is 0.126 e. The largest absolute Gasteiger partial charge is 0.492 e. The molecule has 2 rings (SSSR count). The van der Waals surface area contributed by atoms with Gasteiger partial charge in [0.05, 0.1) is 6.61 Å². The molecular weight excluding hydrogens is 346 g/mol. The fourth-order valence-corrected chi connectivity index (χ4v) is 3.52. The van der Waals surface area contributed by atoms with Crippen molar-refractivity contribution in [1.29, 1.82) is 0 Å². The molecule has 0 unspecified atom stereocenters. The minimum Gasteiger partial charge on any atom is -0.492 e. The third kappa shape index (κ3) is 5.06. The van der Waals surface area contributed by atoms with E-state index in [9.17, 15) is 0 Å². The highest BCUT2D eigenvalue weighted by Gasteiger charge is 2.08. The monoisotopic (exact) mass is 365 g/mol. The molecule has 0 spiro atoms. The van der Waals surface area contributed by atoms with Gasteiger partial charge >= 0.3 is 0 Å². The summed E-state index contributed by atoms with van der Waals surface area (Å²) < 4.78 is 7.11. The highest BCUT2D eigenvalue weighted by atomic mass is 79.9. The lowest BCUT2D eigenvalue weighted by Gasteiger charge is -2.15. The number of aryl methyl sites for hydroxylation is 1. The first-order valence-corrected chi connectivity index (χ1v) is 8.73. The Morgan fingerprint density at radius 3 is 2.67 bits per heavy atom. The van der Waals surface area contributed by atoms with Gasteiger partial charge in [-0.15, -0.1) is 11.8 Å². The molecule has 112 valence electrons. The molecule has 0 aliphatic carbocycles. The van der Waals surface area contributed by atoms with E-state index in [2.05, 4.69) is 64.6 Å². The van der Waals surface area contributed by atoms with Gasteiger partial charge in [-0.2, -0.15) is 0 Å². The van der Waals surface area contributed by atoms with Crippen LogP contribution in [0, 0.1) is 6.92 Å². The molecule has 0 saturated heterocycles. The van der Waals surface area contributed by atoms with Crippen LogP contribution in [0.5, 0.6) is 5.75 Å². The zero-order valence-corrected chi connectivity index (χ0v) is 14.8. The quantitative estimate of drug-likeness (QED) is 0.569. The Labute approximate surface area is 139 Å². The Bertz CT molecular complexity index is 575. The standard InChI is InChI=1S/C17H20BrNOS/c1-13-10-15(18)11-14(12-19-2)17(13)20-8-9-21-16-6-4-3-5-7-16/h3-7,10-11,19H,8-9,12H2,1-2H3. The minimum absolute atomic E-state index is 0.707. The van der Waals surface area contributed by atoms with Crippen molar-refractivity contribution in [2.45, 2.75) is 18.4 Å². The Kier molecular flexibility index (Phi) is 6.61. The van der Waals surface area contributed by atoms with E-state index < -0.39 is 0 Å². The van der Waals surface area contributed by atoms with Crippen LogP contribution in [0.2, 0.25) is 0 Å².